The summed E-state index contributed by atoms with van der Waals surface area (Å²) in [4.78, 5) is 19.6. The number of halogens is 1. The number of hydrogen-bond acceptors (Lipinski definition) is 3. The van der Waals surface area contributed by atoms with E-state index in [1.54, 1.807) is 38.1 Å². The van der Waals surface area contributed by atoms with E-state index >= 15 is 0 Å². The molecule has 0 fully saturated rings. The molecule has 2 rings (SSSR count). The Balaban J connectivity index is 2.73. The Kier molecular flexibility index (Phi) is 3.30. The molecule has 0 saturated carbocycles. The number of carboxylic acids is 1. The minimum Gasteiger partial charge on any atom is -0.478 e. The van der Waals surface area contributed by atoms with Crippen LogP contribution in [0.5, 0.6) is 0 Å². The third-order valence-electron chi connectivity index (χ3n) is 2.51. The van der Waals surface area contributed by atoms with Crippen molar-refractivity contribution in [1.82, 2.24) is 9.97 Å². The Labute approximate surface area is 109 Å². The lowest BCUT2D eigenvalue weighted by Gasteiger charge is -2.09. The molecule has 1 heterocycles. The highest BCUT2D eigenvalue weighted by atomic mass is 35.5. The first-order valence-electron chi connectivity index (χ1n) is 5.33. The Morgan fingerprint density at radius 2 is 2.00 bits per heavy atom. The van der Waals surface area contributed by atoms with Crippen LogP contribution in [-0.4, -0.2) is 21.0 Å². The summed E-state index contributed by atoms with van der Waals surface area (Å²) in [6, 6.07) is 6.96. The van der Waals surface area contributed by atoms with Crippen molar-refractivity contribution >= 4 is 17.6 Å². The third-order valence-corrected chi connectivity index (χ3v) is 2.75. The largest absolute Gasteiger partial charge is 0.478 e. The van der Waals surface area contributed by atoms with Gasteiger partial charge in [0.2, 0.25) is 0 Å². The van der Waals surface area contributed by atoms with Gasteiger partial charge in [0.05, 0.1) is 11.4 Å². The molecular weight excluding hydrogens is 252 g/mol. The minimum atomic E-state index is -1.04. The third kappa shape index (κ3) is 2.33. The summed E-state index contributed by atoms with van der Waals surface area (Å²) < 4.78 is 0. The van der Waals surface area contributed by atoms with Gasteiger partial charge in [-0.1, -0.05) is 23.7 Å². The summed E-state index contributed by atoms with van der Waals surface area (Å²) in [5.41, 5.74) is 1.64. The maximum Gasteiger partial charge on any atom is 0.339 e. The first kappa shape index (κ1) is 12.5. The van der Waals surface area contributed by atoms with Crippen LogP contribution in [-0.2, 0) is 0 Å². The molecule has 92 valence electrons. The van der Waals surface area contributed by atoms with Gasteiger partial charge in [-0.25, -0.2) is 14.8 Å². The molecule has 0 aliphatic rings. The molecule has 18 heavy (non-hydrogen) atoms. The smallest absolute Gasteiger partial charge is 0.339 e. The SMILES string of the molecule is Cc1nc(C)c(C(=O)O)c(-c2cccc(Cl)c2)n1. The molecule has 4 nitrogen and oxygen atoms in total. The van der Waals surface area contributed by atoms with Gasteiger partial charge in [0.15, 0.2) is 0 Å². The van der Waals surface area contributed by atoms with E-state index in [9.17, 15) is 9.90 Å². The summed E-state index contributed by atoms with van der Waals surface area (Å²) in [5.74, 6) is -0.505. The highest BCUT2D eigenvalue weighted by Gasteiger charge is 2.18. The van der Waals surface area contributed by atoms with Crippen molar-refractivity contribution in [2.24, 2.45) is 0 Å². The highest BCUT2D eigenvalue weighted by Crippen LogP contribution is 2.25. The van der Waals surface area contributed by atoms with E-state index < -0.39 is 5.97 Å². The number of aromatic nitrogens is 2. The second kappa shape index (κ2) is 4.74. The molecule has 2 aromatic rings. The van der Waals surface area contributed by atoms with Gasteiger partial charge in [0.25, 0.3) is 0 Å². The van der Waals surface area contributed by atoms with Crippen LogP contribution in [0.25, 0.3) is 11.3 Å². The quantitative estimate of drug-likeness (QED) is 0.903. The van der Waals surface area contributed by atoms with Crippen molar-refractivity contribution in [3.05, 3.63) is 46.4 Å². The van der Waals surface area contributed by atoms with Gasteiger partial charge in [-0.2, -0.15) is 0 Å². The van der Waals surface area contributed by atoms with Crippen LogP contribution in [0, 0.1) is 13.8 Å². The van der Waals surface area contributed by atoms with Gasteiger partial charge in [-0.3, -0.25) is 0 Å². The zero-order valence-electron chi connectivity index (χ0n) is 9.94. The van der Waals surface area contributed by atoms with Gasteiger partial charge in [0.1, 0.15) is 11.4 Å². The molecular formula is C13H11ClN2O2. The molecule has 0 spiro atoms. The fourth-order valence-corrected chi connectivity index (χ4v) is 2.00. The summed E-state index contributed by atoms with van der Waals surface area (Å²) in [6.07, 6.45) is 0. The van der Waals surface area contributed by atoms with Crippen LogP contribution in [0.15, 0.2) is 24.3 Å². The van der Waals surface area contributed by atoms with Crippen LogP contribution in [0.2, 0.25) is 5.02 Å². The molecule has 0 amide bonds. The van der Waals surface area contributed by atoms with Crippen molar-refractivity contribution < 1.29 is 9.90 Å². The van der Waals surface area contributed by atoms with E-state index in [4.69, 9.17) is 11.6 Å². The molecule has 0 bridgehead atoms. The Hall–Kier alpha value is -1.94. The lowest BCUT2D eigenvalue weighted by atomic mass is 10.0. The van der Waals surface area contributed by atoms with Gasteiger partial charge in [-0.05, 0) is 26.0 Å². The average Bonchev–Trinajstić information content (AvgIpc) is 2.27. The second-order valence-corrected chi connectivity index (χ2v) is 4.33. The van der Waals surface area contributed by atoms with E-state index in [1.807, 2.05) is 0 Å². The number of carbonyl (C=O) groups is 1. The molecule has 0 saturated heterocycles. The normalized spacial score (nSPS) is 10.4. The summed E-state index contributed by atoms with van der Waals surface area (Å²) in [7, 11) is 0. The Morgan fingerprint density at radius 3 is 2.61 bits per heavy atom. The van der Waals surface area contributed by atoms with Crippen molar-refractivity contribution in [3.63, 3.8) is 0 Å². The lowest BCUT2D eigenvalue weighted by molar-refractivity contribution is 0.0696. The molecule has 0 aliphatic heterocycles. The number of aromatic carboxylic acids is 1. The second-order valence-electron chi connectivity index (χ2n) is 3.90. The summed E-state index contributed by atoms with van der Waals surface area (Å²) >= 11 is 5.92. The zero-order chi connectivity index (χ0) is 13.3. The lowest BCUT2D eigenvalue weighted by Crippen LogP contribution is -2.08. The maximum absolute atomic E-state index is 11.3. The number of benzene rings is 1. The van der Waals surface area contributed by atoms with E-state index in [-0.39, 0.29) is 5.56 Å². The number of hydrogen-bond donors (Lipinski definition) is 1. The van der Waals surface area contributed by atoms with Crippen LogP contribution < -0.4 is 0 Å². The first-order valence-corrected chi connectivity index (χ1v) is 5.71. The van der Waals surface area contributed by atoms with Gasteiger partial charge in [-0.15, -0.1) is 0 Å². The molecule has 0 radical (unpaired) electrons. The van der Waals surface area contributed by atoms with Crippen LogP contribution in [0.4, 0.5) is 0 Å². The van der Waals surface area contributed by atoms with E-state index in [0.29, 0.717) is 27.8 Å². The topological polar surface area (TPSA) is 63.1 Å². The molecule has 0 unspecified atom stereocenters. The first-order chi connectivity index (χ1) is 8.49. The molecule has 1 N–H and O–H groups in total. The molecule has 1 aromatic carbocycles. The van der Waals surface area contributed by atoms with E-state index in [0.717, 1.165) is 0 Å². The number of carboxylic acid groups (broad SMARTS) is 1. The van der Waals surface area contributed by atoms with Crippen molar-refractivity contribution in [2.45, 2.75) is 13.8 Å². The minimum absolute atomic E-state index is 0.114. The highest BCUT2D eigenvalue weighted by molar-refractivity contribution is 6.30. The molecule has 5 heteroatoms. The standard InChI is InChI=1S/C13H11ClN2O2/c1-7-11(13(17)18)12(16-8(2)15-7)9-4-3-5-10(14)6-9/h3-6H,1-2H3,(H,17,18). The van der Waals surface area contributed by atoms with E-state index in [2.05, 4.69) is 9.97 Å². The van der Waals surface area contributed by atoms with E-state index in [1.165, 1.54) is 0 Å². The predicted molar refractivity (Wildman–Crippen MR) is 68.9 cm³/mol. The summed E-state index contributed by atoms with van der Waals surface area (Å²) in [6.45, 7) is 3.39. The van der Waals surface area contributed by atoms with Crippen molar-refractivity contribution in [1.29, 1.82) is 0 Å². The molecule has 0 atom stereocenters. The fourth-order valence-electron chi connectivity index (χ4n) is 1.81. The van der Waals surface area contributed by atoms with Gasteiger partial charge in [0, 0.05) is 10.6 Å². The Bertz CT molecular complexity index is 626. The number of aryl methyl sites for hydroxylation is 2. The zero-order valence-corrected chi connectivity index (χ0v) is 10.7. The van der Waals surface area contributed by atoms with Gasteiger partial charge >= 0.3 is 5.97 Å². The number of nitrogens with zero attached hydrogens (tertiary/aromatic N) is 2. The predicted octanol–water partition coefficient (Wildman–Crippen LogP) is 3.11. The molecule has 1 aromatic heterocycles. The monoisotopic (exact) mass is 262 g/mol. The van der Waals surface area contributed by atoms with Crippen molar-refractivity contribution in [2.75, 3.05) is 0 Å². The van der Waals surface area contributed by atoms with Crippen molar-refractivity contribution in [3.8, 4) is 11.3 Å². The molecule has 0 aliphatic carbocycles. The number of rotatable bonds is 2. The summed E-state index contributed by atoms with van der Waals surface area (Å²) in [5, 5.41) is 9.79. The average molecular weight is 263 g/mol. The maximum atomic E-state index is 11.3. The van der Waals surface area contributed by atoms with Gasteiger partial charge < -0.3 is 5.11 Å². The van der Waals surface area contributed by atoms with Crippen LogP contribution in [0.1, 0.15) is 21.9 Å². The Morgan fingerprint density at radius 1 is 1.28 bits per heavy atom. The van der Waals surface area contributed by atoms with Crippen LogP contribution in [0.3, 0.4) is 0 Å². The fraction of sp³-hybridized carbons (Fsp3) is 0.154. The van der Waals surface area contributed by atoms with Crippen LogP contribution >= 0.6 is 11.6 Å².